The lowest BCUT2D eigenvalue weighted by Crippen LogP contribution is -2.45. The molecule has 0 unspecified atom stereocenters. The minimum atomic E-state index is -0.551. The third kappa shape index (κ3) is 5.30. The molecule has 5 nitrogen and oxygen atoms in total. The van der Waals surface area contributed by atoms with Gasteiger partial charge in [-0.05, 0) is 42.6 Å². The predicted molar refractivity (Wildman–Crippen MR) is 107 cm³/mol. The van der Waals surface area contributed by atoms with Crippen LogP contribution in [0.5, 0.6) is 5.75 Å². The van der Waals surface area contributed by atoms with E-state index >= 15 is 0 Å². The fourth-order valence-electron chi connectivity index (χ4n) is 2.89. The first-order valence-electron chi connectivity index (χ1n) is 8.68. The van der Waals surface area contributed by atoms with E-state index in [1.165, 1.54) is 4.88 Å². The van der Waals surface area contributed by atoms with Crippen LogP contribution in [0.2, 0.25) is 0 Å². The SMILES string of the molecule is C[C@H](Oc1ccc(Br)cc1)C(=O)NC[C@@H](c1cccs1)N1CCOCC1. The second-order valence-corrected chi connectivity index (χ2v) is 8.03. The smallest absolute Gasteiger partial charge is 0.260 e. The van der Waals surface area contributed by atoms with Crippen LogP contribution in [0.1, 0.15) is 17.8 Å². The summed E-state index contributed by atoms with van der Waals surface area (Å²) in [4.78, 5) is 16.1. The van der Waals surface area contributed by atoms with Crippen LogP contribution in [0, 0.1) is 0 Å². The van der Waals surface area contributed by atoms with Crippen molar-refractivity contribution in [3.63, 3.8) is 0 Å². The highest BCUT2D eigenvalue weighted by molar-refractivity contribution is 9.10. The Morgan fingerprint density at radius 1 is 1.31 bits per heavy atom. The molecule has 1 N–H and O–H groups in total. The normalized spacial score (nSPS) is 17.5. The van der Waals surface area contributed by atoms with E-state index in [1.54, 1.807) is 18.3 Å². The Morgan fingerprint density at radius 3 is 2.69 bits per heavy atom. The Balaban J connectivity index is 1.57. The standard InChI is InChI=1S/C19H23BrN2O3S/c1-14(25-16-6-4-15(20)5-7-16)19(23)21-13-17(18-3-2-12-26-18)22-8-10-24-11-9-22/h2-7,12,14,17H,8-11,13H2,1H3,(H,21,23)/t14-,17-/m0/s1. The molecular weight excluding hydrogens is 416 g/mol. The summed E-state index contributed by atoms with van der Waals surface area (Å²) in [6.45, 7) is 5.56. The van der Waals surface area contributed by atoms with Crippen LogP contribution in [-0.2, 0) is 9.53 Å². The van der Waals surface area contributed by atoms with Gasteiger partial charge in [-0.2, -0.15) is 0 Å². The molecule has 2 aromatic rings. The zero-order valence-corrected chi connectivity index (χ0v) is 17.1. The molecule has 7 heteroatoms. The summed E-state index contributed by atoms with van der Waals surface area (Å²) >= 11 is 5.11. The van der Waals surface area contributed by atoms with Crippen molar-refractivity contribution in [2.45, 2.75) is 19.1 Å². The Bertz CT molecular complexity index is 687. The van der Waals surface area contributed by atoms with Gasteiger partial charge in [-0.1, -0.05) is 22.0 Å². The average molecular weight is 439 g/mol. The lowest BCUT2D eigenvalue weighted by molar-refractivity contribution is -0.127. The molecule has 140 valence electrons. The molecular formula is C19H23BrN2O3S. The molecule has 1 amide bonds. The van der Waals surface area contributed by atoms with Crippen LogP contribution in [0.15, 0.2) is 46.3 Å². The van der Waals surface area contributed by atoms with Crippen molar-refractivity contribution < 1.29 is 14.3 Å². The third-order valence-corrected chi connectivity index (χ3v) is 5.83. The van der Waals surface area contributed by atoms with Crippen molar-refractivity contribution in [3.05, 3.63) is 51.1 Å². The molecule has 1 aromatic carbocycles. The van der Waals surface area contributed by atoms with E-state index < -0.39 is 6.10 Å². The summed E-state index contributed by atoms with van der Waals surface area (Å²) in [7, 11) is 0. The van der Waals surface area contributed by atoms with Gasteiger partial charge in [-0.25, -0.2) is 0 Å². The van der Waals surface area contributed by atoms with E-state index in [-0.39, 0.29) is 11.9 Å². The zero-order valence-electron chi connectivity index (χ0n) is 14.7. The van der Waals surface area contributed by atoms with E-state index in [4.69, 9.17) is 9.47 Å². The van der Waals surface area contributed by atoms with Crippen LogP contribution in [0.4, 0.5) is 0 Å². The van der Waals surface area contributed by atoms with Gasteiger partial charge in [0.25, 0.3) is 5.91 Å². The summed E-state index contributed by atoms with van der Waals surface area (Å²) in [6, 6.07) is 11.8. The topological polar surface area (TPSA) is 50.8 Å². The first-order valence-corrected chi connectivity index (χ1v) is 10.4. The zero-order chi connectivity index (χ0) is 18.4. The lowest BCUT2D eigenvalue weighted by atomic mass is 10.2. The number of rotatable bonds is 7. The number of hydrogen-bond donors (Lipinski definition) is 1. The fraction of sp³-hybridized carbons (Fsp3) is 0.421. The maximum absolute atomic E-state index is 12.5. The van der Waals surface area contributed by atoms with Crippen molar-refractivity contribution in [1.82, 2.24) is 10.2 Å². The first-order chi connectivity index (χ1) is 12.6. The van der Waals surface area contributed by atoms with Gasteiger partial charge in [0.2, 0.25) is 0 Å². The van der Waals surface area contributed by atoms with Crippen LogP contribution < -0.4 is 10.1 Å². The molecule has 26 heavy (non-hydrogen) atoms. The highest BCUT2D eigenvalue weighted by atomic mass is 79.9. The van der Waals surface area contributed by atoms with Crippen molar-refractivity contribution in [2.75, 3.05) is 32.8 Å². The quantitative estimate of drug-likeness (QED) is 0.718. The molecule has 1 aliphatic rings. The number of carbonyl (C=O) groups is 1. The van der Waals surface area contributed by atoms with Crippen molar-refractivity contribution in [1.29, 1.82) is 0 Å². The maximum Gasteiger partial charge on any atom is 0.260 e. The molecule has 0 spiro atoms. The summed E-state index contributed by atoms with van der Waals surface area (Å²) in [5, 5.41) is 5.12. The van der Waals surface area contributed by atoms with Gasteiger partial charge in [0.15, 0.2) is 6.10 Å². The van der Waals surface area contributed by atoms with E-state index in [2.05, 4.69) is 43.7 Å². The molecule has 2 atom stereocenters. The average Bonchev–Trinajstić information content (AvgIpc) is 3.19. The van der Waals surface area contributed by atoms with Crippen LogP contribution in [0.3, 0.4) is 0 Å². The molecule has 1 aliphatic heterocycles. The first kappa shape index (κ1) is 19.4. The molecule has 0 aliphatic carbocycles. The second kappa shape index (κ2) is 9.50. The fourth-order valence-corrected chi connectivity index (χ4v) is 4.02. The van der Waals surface area contributed by atoms with Gasteiger partial charge in [-0.3, -0.25) is 9.69 Å². The van der Waals surface area contributed by atoms with Crippen molar-refractivity contribution >= 4 is 33.2 Å². The largest absolute Gasteiger partial charge is 0.481 e. The number of hydrogen-bond acceptors (Lipinski definition) is 5. The predicted octanol–water partition coefficient (Wildman–Crippen LogP) is 3.47. The number of benzene rings is 1. The Morgan fingerprint density at radius 2 is 2.04 bits per heavy atom. The summed E-state index contributed by atoms with van der Waals surface area (Å²) in [5.41, 5.74) is 0. The van der Waals surface area contributed by atoms with E-state index in [0.717, 1.165) is 30.8 Å². The lowest BCUT2D eigenvalue weighted by Gasteiger charge is -2.34. The molecule has 0 saturated carbocycles. The molecule has 0 radical (unpaired) electrons. The monoisotopic (exact) mass is 438 g/mol. The number of halogens is 1. The van der Waals surface area contributed by atoms with Gasteiger partial charge in [-0.15, -0.1) is 11.3 Å². The molecule has 2 heterocycles. The summed E-state index contributed by atoms with van der Waals surface area (Å²) < 4.78 is 12.2. The van der Waals surface area contributed by atoms with Crippen molar-refractivity contribution in [3.8, 4) is 5.75 Å². The molecule has 1 fully saturated rings. The Kier molecular flexibility index (Phi) is 7.07. The Labute approximate surface area is 166 Å². The highest BCUT2D eigenvalue weighted by Crippen LogP contribution is 2.25. The molecule has 0 bridgehead atoms. The van der Waals surface area contributed by atoms with Crippen LogP contribution in [-0.4, -0.2) is 49.8 Å². The van der Waals surface area contributed by atoms with Crippen LogP contribution >= 0.6 is 27.3 Å². The summed E-state index contributed by atoms with van der Waals surface area (Å²) in [5.74, 6) is 0.571. The van der Waals surface area contributed by atoms with Gasteiger partial charge in [0, 0.05) is 29.0 Å². The molecule has 1 saturated heterocycles. The van der Waals surface area contributed by atoms with Gasteiger partial charge >= 0.3 is 0 Å². The third-order valence-electron chi connectivity index (χ3n) is 4.32. The highest BCUT2D eigenvalue weighted by Gasteiger charge is 2.25. The maximum atomic E-state index is 12.5. The molecule has 1 aromatic heterocycles. The number of nitrogens with zero attached hydrogens (tertiary/aromatic N) is 1. The number of ether oxygens (including phenoxy) is 2. The minimum Gasteiger partial charge on any atom is -0.481 e. The summed E-state index contributed by atoms with van der Waals surface area (Å²) in [6.07, 6.45) is -0.551. The van der Waals surface area contributed by atoms with E-state index in [1.807, 2.05) is 24.3 Å². The Hall–Kier alpha value is -1.41. The molecule has 3 rings (SSSR count). The number of thiophene rings is 1. The van der Waals surface area contributed by atoms with Gasteiger partial charge in [0.05, 0.1) is 19.3 Å². The van der Waals surface area contributed by atoms with Gasteiger partial charge in [0.1, 0.15) is 5.75 Å². The number of morpholine rings is 1. The number of amides is 1. The van der Waals surface area contributed by atoms with E-state index in [0.29, 0.717) is 12.3 Å². The minimum absolute atomic E-state index is 0.109. The van der Waals surface area contributed by atoms with Crippen LogP contribution in [0.25, 0.3) is 0 Å². The van der Waals surface area contributed by atoms with E-state index in [9.17, 15) is 4.79 Å². The second-order valence-electron chi connectivity index (χ2n) is 6.14. The number of nitrogens with one attached hydrogen (secondary N) is 1. The van der Waals surface area contributed by atoms with Crippen molar-refractivity contribution in [2.24, 2.45) is 0 Å². The van der Waals surface area contributed by atoms with Gasteiger partial charge < -0.3 is 14.8 Å². The number of carbonyl (C=O) groups excluding carboxylic acids is 1.